The van der Waals surface area contributed by atoms with Crippen molar-refractivity contribution in [1.29, 1.82) is 0 Å². The predicted molar refractivity (Wildman–Crippen MR) is 78.3 cm³/mol. The van der Waals surface area contributed by atoms with E-state index in [0.717, 1.165) is 6.54 Å². The number of carbonyl (C=O) groups excluding carboxylic acids is 1. The minimum atomic E-state index is -0.228. The largest absolute Gasteiger partial charge is 0.397 e. The van der Waals surface area contributed by atoms with Crippen molar-refractivity contribution >= 4 is 23.2 Å². The Hall–Kier alpha value is -1.33. The molecule has 0 saturated heterocycles. The Morgan fingerprint density at radius 3 is 2.74 bits per heavy atom. The Bertz CT molecular complexity index is 460. The molecule has 0 aromatic carbocycles. The minimum absolute atomic E-state index is 0.0231. The number of nitrogens with zero attached hydrogens (tertiary/aromatic N) is 2. The fourth-order valence-electron chi connectivity index (χ4n) is 1.96. The van der Waals surface area contributed by atoms with Gasteiger partial charge >= 0.3 is 0 Å². The number of hydrogen-bond donors (Lipinski definition) is 2. The lowest BCUT2D eigenvalue weighted by atomic mass is 9.93. The van der Waals surface area contributed by atoms with Crippen LogP contribution >= 0.6 is 11.6 Å². The topological polar surface area (TPSA) is 71.2 Å². The number of amides is 1. The van der Waals surface area contributed by atoms with Crippen molar-refractivity contribution in [3.05, 3.63) is 23.0 Å². The molecule has 5 nitrogen and oxygen atoms in total. The van der Waals surface area contributed by atoms with Crippen LogP contribution in [-0.2, 0) is 0 Å². The number of carbonyl (C=O) groups is 1. The van der Waals surface area contributed by atoms with Crippen molar-refractivity contribution in [2.24, 2.45) is 5.41 Å². The number of nitrogens with one attached hydrogen (secondary N) is 1. The van der Waals surface area contributed by atoms with Crippen LogP contribution in [0.3, 0.4) is 0 Å². The summed E-state index contributed by atoms with van der Waals surface area (Å²) in [4.78, 5) is 18.0. The number of aromatic nitrogens is 1. The van der Waals surface area contributed by atoms with Crippen LogP contribution in [0, 0.1) is 5.41 Å². The van der Waals surface area contributed by atoms with Crippen molar-refractivity contribution in [2.45, 2.75) is 13.8 Å². The van der Waals surface area contributed by atoms with E-state index in [-0.39, 0.29) is 16.5 Å². The third kappa shape index (κ3) is 5.04. The zero-order valence-corrected chi connectivity index (χ0v) is 12.6. The molecule has 0 spiro atoms. The highest BCUT2D eigenvalue weighted by molar-refractivity contribution is 6.29. The quantitative estimate of drug-likeness (QED) is 0.806. The molecule has 1 amide bonds. The van der Waals surface area contributed by atoms with Crippen LogP contribution in [0.15, 0.2) is 12.3 Å². The monoisotopic (exact) mass is 284 g/mol. The van der Waals surface area contributed by atoms with E-state index in [1.807, 2.05) is 14.1 Å². The summed E-state index contributed by atoms with van der Waals surface area (Å²) in [6, 6.07) is 1.48. The van der Waals surface area contributed by atoms with Gasteiger partial charge in [0.15, 0.2) is 0 Å². The number of nitrogen functional groups attached to an aromatic ring is 1. The molecule has 6 heteroatoms. The zero-order chi connectivity index (χ0) is 14.6. The van der Waals surface area contributed by atoms with E-state index in [1.54, 1.807) is 0 Å². The molecule has 0 atom stereocenters. The predicted octanol–water partition coefficient (Wildman–Crippen LogP) is 1.63. The Labute approximate surface area is 119 Å². The normalized spacial score (nSPS) is 11.7. The lowest BCUT2D eigenvalue weighted by molar-refractivity contribution is 0.0930. The van der Waals surface area contributed by atoms with Gasteiger partial charge < -0.3 is 16.0 Å². The summed E-state index contributed by atoms with van der Waals surface area (Å²) in [5, 5.41) is 3.14. The van der Waals surface area contributed by atoms with Gasteiger partial charge in [0.2, 0.25) is 0 Å². The van der Waals surface area contributed by atoms with E-state index in [9.17, 15) is 4.79 Å². The summed E-state index contributed by atoms with van der Waals surface area (Å²) in [5.74, 6) is -0.228. The summed E-state index contributed by atoms with van der Waals surface area (Å²) in [7, 11) is 4.01. The van der Waals surface area contributed by atoms with Crippen LogP contribution < -0.4 is 11.1 Å². The summed E-state index contributed by atoms with van der Waals surface area (Å²) in [5.41, 5.74) is 6.39. The average Bonchev–Trinajstić information content (AvgIpc) is 2.27. The van der Waals surface area contributed by atoms with E-state index in [4.69, 9.17) is 17.3 Å². The highest BCUT2D eigenvalue weighted by Crippen LogP contribution is 2.17. The molecule has 0 aliphatic heterocycles. The molecular formula is C13H21ClN4O. The van der Waals surface area contributed by atoms with Crippen LogP contribution in [0.1, 0.15) is 24.2 Å². The van der Waals surface area contributed by atoms with Gasteiger partial charge in [-0.15, -0.1) is 0 Å². The fourth-order valence-corrected chi connectivity index (χ4v) is 2.12. The fraction of sp³-hybridized carbons (Fsp3) is 0.538. The van der Waals surface area contributed by atoms with Crippen LogP contribution in [-0.4, -0.2) is 43.0 Å². The molecule has 0 fully saturated rings. The first kappa shape index (κ1) is 15.7. The summed E-state index contributed by atoms with van der Waals surface area (Å²) < 4.78 is 0. The van der Waals surface area contributed by atoms with E-state index < -0.39 is 0 Å². The van der Waals surface area contributed by atoms with Gasteiger partial charge in [0.25, 0.3) is 5.91 Å². The Morgan fingerprint density at radius 2 is 2.16 bits per heavy atom. The maximum atomic E-state index is 12.1. The molecule has 1 heterocycles. The van der Waals surface area contributed by atoms with Crippen molar-refractivity contribution in [3.8, 4) is 0 Å². The average molecular weight is 285 g/mol. The van der Waals surface area contributed by atoms with Crippen molar-refractivity contribution in [1.82, 2.24) is 15.2 Å². The molecule has 0 bridgehead atoms. The van der Waals surface area contributed by atoms with Gasteiger partial charge in [0, 0.05) is 13.1 Å². The second-order valence-electron chi connectivity index (χ2n) is 5.68. The standard InChI is InChI=1S/C13H21ClN4O/c1-13(2,8-18(3)4)7-17-12(19)9-5-11(14)16-6-10(9)15/h5-6H,7-8,15H2,1-4H3,(H,17,19). The van der Waals surface area contributed by atoms with Crippen molar-refractivity contribution in [3.63, 3.8) is 0 Å². The first-order valence-corrected chi connectivity index (χ1v) is 6.43. The molecule has 3 N–H and O–H groups in total. The molecular weight excluding hydrogens is 264 g/mol. The molecule has 0 saturated carbocycles. The van der Waals surface area contributed by atoms with Crippen LogP contribution in [0.25, 0.3) is 0 Å². The highest BCUT2D eigenvalue weighted by Gasteiger charge is 2.21. The van der Waals surface area contributed by atoms with Gasteiger partial charge in [0.1, 0.15) is 5.15 Å². The second-order valence-corrected chi connectivity index (χ2v) is 6.07. The van der Waals surface area contributed by atoms with Gasteiger partial charge in [-0.3, -0.25) is 4.79 Å². The second kappa shape index (κ2) is 6.21. The molecule has 0 radical (unpaired) electrons. The van der Waals surface area contributed by atoms with Crippen LogP contribution in [0.2, 0.25) is 5.15 Å². The number of rotatable bonds is 5. The first-order valence-electron chi connectivity index (χ1n) is 6.05. The first-order chi connectivity index (χ1) is 8.71. The number of hydrogen-bond acceptors (Lipinski definition) is 4. The molecule has 0 unspecified atom stereocenters. The summed E-state index contributed by atoms with van der Waals surface area (Å²) in [6.07, 6.45) is 1.39. The zero-order valence-electron chi connectivity index (χ0n) is 11.8. The Balaban J connectivity index is 2.68. The number of anilines is 1. The number of halogens is 1. The number of nitrogens with two attached hydrogens (primary N) is 1. The van der Waals surface area contributed by atoms with E-state index in [2.05, 4.69) is 29.0 Å². The lowest BCUT2D eigenvalue weighted by Gasteiger charge is -2.28. The summed E-state index contributed by atoms with van der Waals surface area (Å²) >= 11 is 5.77. The van der Waals surface area contributed by atoms with Crippen molar-refractivity contribution < 1.29 is 4.79 Å². The summed E-state index contributed by atoms with van der Waals surface area (Å²) in [6.45, 7) is 5.62. The maximum absolute atomic E-state index is 12.1. The smallest absolute Gasteiger partial charge is 0.253 e. The van der Waals surface area contributed by atoms with Gasteiger partial charge in [-0.2, -0.15) is 0 Å². The Morgan fingerprint density at radius 1 is 1.53 bits per heavy atom. The number of pyridine rings is 1. The third-order valence-corrected chi connectivity index (χ3v) is 2.82. The molecule has 1 aromatic rings. The van der Waals surface area contributed by atoms with Crippen LogP contribution in [0.5, 0.6) is 0 Å². The minimum Gasteiger partial charge on any atom is -0.397 e. The third-order valence-electron chi connectivity index (χ3n) is 2.62. The lowest BCUT2D eigenvalue weighted by Crippen LogP contribution is -2.40. The van der Waals surface area contributed by atoms with Crippen LogP contribution in [0.4, 0.5) is 5.69 Å². The maximum Gasteiger partial charge on any atom is 0.253 e. The SMILES string of the molecule is CN(C)CC(C)(C)CNC(=O)c1cc(Cl)ncc1N. The molecule has 0 aliphatic rings. The Kier molecular flexibility index (Phi) is 5.14. The molecule has 1 rings (SSSR count). The van der Waals surface area contributed by atoms with Gasteiger partial charge in [-0.25, -0.2) is 4.98 Å². The molecule has 0 aliphatic carbocycles. The van der Waals surface area contributed by atoms with Gasteiger partial charge in [-0.05, 0) is 25.6 Å². The van der Waals surface area contributed by atoms with Gasteiger partial charge in [0.05, 0.1) is 17.4 Å². The van der Waals surface area contributed by atoms with E-state index in [1.165, 1.54) is 12.3 Å². The highest BCUT2D eigenvalue weighted by atomic mass is 35.5. The van der Waals surface area contributed by atoms with Crippen molar-refractivity contribution in [2.75, 3.05) is 32.9 Å². The van der Waals surface area contributed by atoms with E-state index >= 15 is 0 Å². The molecule has 1 aromatic heterocycles. The molecule has 19 heavy (non-hydrogen) atoms. The van der Waals surface area contributed by atoms with E-state index in [0.29, 0.717) is 17.8 Å². The van der Waals surface area contributed by atoms with Gasteiger partial charge in [-0.1, -0.05) is 25.4 Å². The molecule has 106 valence electrons.